The molecule has 0 aromatic heterocycles. The third-order valence-corrected chi connectivity index (χ3v) is 2.88. The molecule has 2 rings (SSSR count). The minimum Gasteiger partial charge on any atom is -0.316 e. The van der Waals surface area contributed by atoms with E-state index < -0.39 is 0 Å². The molecule has 1 heterocycles. The first-order valence-corrected chi connectivity index (χ1v) is 4.57. The fraction of sp³-hybridized carbons (Fsp3) is 0.889. The molecule has 1 saturated carbocycles. The van der Waals surface area contributed by atoms with E-state index in [1.807, 2.05) is 0 Å². The average Bonchev–Trinajstić information content (AvgIpc) is 2.27. The second-order valence-electron chi connectivity index (χ2n) is 3.91. The summed E-state index contributed by atoms with van der Waals surface area (Å²) < 4.78 is 0. The molecule has 1 atom stereocenters. The fourth-order valence-electron chi connectivity index (χ4n) is 2.08. The Bertz CT molecular complexity index is 163. The van der Waals surface area contributed by atoms with E-state index in [1.54, 1.807) is 0 Å². The van der Waals surface area contributed by atoms with Crippen LogP contribution in [0.15, 0.2) is 0 Å². The molecule has 0 amide bonds. The van der Waals surface area contributed by atoms with Crippen molar-refractivity contribution in [2.45, 2.75) is 25.7 Å². The zero-order valence-corrected chi connectivity index (χ0v) is 6.81. The average molecular weight is 153 g/mol. The van der Waals surface area contributed by atoms with Crippen LogP contribution in [0.4, 0.5) is 0 Å². The van der Waals surface area contributed by atoms with Crippen molar-refractivity contribution in [2.24, 2.45) is 11.8 Å². The molecule has 2 aliphatic rings. The van der Waals surface area contributed by atoms with Crippen molar-refractivity contribution in [3.8, 4) is 0 Å². The van der Waals surface area contributed by atoms with Gasteiger partial charge in [-0.15, -0.1) is 0 Å². The van der Waals surface area contributed by atoms with Gasteiger partial charge >= 0.3 is 0 Å². The molecule has 0 spiro atoms. The summed E-state index contributed by atoms with van der Waals surface area (Å²) in [6.07, 6.45) is 4.18. The lowest BCUT2D eigenvalue weighted by Gasteiger charge is -2.29. The second kappa shape index (κ2) is 2.94. The van der Waals surface area contributed by atoms with Crippen LogP contribution in [0.2, 0.25) is 0 Å². The summed E-state index contributed by atoms with van der Waals surface area (Å²) in [4.78, 5) is 10.9. The van der Waals surface area contributed by atoms with Gasteiger partial charge in [-0.25, -0.2) is 0 Å². The Morgan fingerprint density at radius 3 is 2.64 bits per heavy atom. The third-order valence-electron chi connectivity index (χ3n) is 2.88. The molecule has 0 aromatic rings. The first kappa shape index (κ1) is 7.29. The van der Waals surface area contributed by atoms with Gasteiger partial charge < -0.3 is 5.32 Å². The zero-order chi connectivity index (χ0) is 7.68. The van der Waals surface area contributed by atoms with Crippen molar-refractivity contribution in [1.82, 2.24) is 5.32 Å². The number of ketones is 1. The lowest BCUT2D eigenvalue weighted by molar-refractivity contribution is -0.117. The molecule has 0 aromatic carbocycles. The van der Waals surface area contributed by atoms with Gasteiger partial charge in [0.1, 0.15) is 5.78 Å². The molecule has 0 bridgehead atoms. The van der Waals surface area contributed by atoms with Gasteiger partial charge in [-0.2, -0.15) is 0 Å². The van der Waals surface area contributed by atoms with Crippen LogP contribution in [0.3, 0.4) is 0 Å². The van der Waals surface area contributed by atoms with E-state index in [9.17, 15) is 4.79 Å². The van der Waals surface area contributed by atoms with E-state index in [2.05, 4.69) is 5.32 Å². The maximum atomic E-state index is 10.9. The van der Waals surface area contributed by atoms with Crippen LogP contribution in [0, 0.1) is 11.8 Å². The molecule has 1 N–H and O–H groups in total. The van der Waals surface area contributed by atoms with E-state index in [-0.39, 0.29) is 0 Å². The second-order valence-corrected chi connectivity index (χ2v) is 3.91. The molecule has 2 nitrogen and oxygen atoms in total. The van der Waals surface area contributed by atoms with Crippen molar-refractivity contribution in [3.05, 3.63) is 0 Å². The van der Waals surface area contributed by atoms with Gasteiger partial charge in [0.15, 0.2) is 0 Å². The number of hydrogen-bond donors (Lipinski definition) is 1. The molecule has 1 saturated heterocycles. The first-order valence-electron chi connectivity index (χ1n) is 4.57. The van der Waals surface area contributed by atoms with E-state index in [0.717, 1.165) is 31.1 Å². The van der Waals surface area contributed by atoms with Crippen LogP contribution in [-0.2, 0) is 4.79 Å². The normalized spacial score (nSPS) is 32.4. The number of hydrogen-bond acceptors (Lipinski definition) is 2. The molecule has 1 aliphatic carbocycles. The highest BCUT2D eigenvalue weighted by Gasteiger charge is 2.27. The third kappa shape index (κ3) is 1.62. The molecule has 11 heavy (non-hydrogen) atoms. The van der Waals surface area contributed by atoms with Crippen molar-refractivity contribution in [2.75, 3.05) is 13.1 Å². The highest BCUT2D eigenvalue weighted by molar-refractivity contribution is 5.80. The van der Waals surface area contributed by atoms with E-state index in [1.165, 1.54) is 19.5 Å². The van der Waals surface area contributed by atoms with Crippen LogP contribution in [0.5, 0.6) is 0 Å². The van der Waals surface area contributed by atoms with Crippen LogP contribution in [-0.4, -0.2) is 18.9 Å². The minimum atomic E-state index is 0.488. The van der Waals surface area contributed by atoms with Gasteiger partial charge in [0.2, 0.25) is 0 Å². The molecular weight excluding hydrogens is 138 g/mol. The van der Waals surface area contributed by atoms with Crippen LogP contribution < -0.4 is 5.32 Å². The molecule has 1 unspecified atom stereocenters. The highest BCUT2D eigenvalue weighted by atomic mass is 16.1. The topological polar surface area (TPSA) is 29.1 Å². The lowest BCUT2D eigenvalue weighted by Crippen LogP contribution is -2.42. The van der Waals surface area contributed by atoms with Crippen LogP contribution >= 0.6 is 0 Å². The van der Waals surface area contributed by atoms with Crippen molar-refractivity contribution < 1.29 is 4.79 Å². The molecule has 2 heteroatoms. The summed E-state index contributed by atoms with van der Waals surface area (Å²) in [5, 5.41) is 3.26. The zero-order valence-electron chi connectivity index (χ0n) is 6.81. The highest BCUT2D eigenvalue weighted by Crippen LogP contribution is 2.29. The van der Waals surface area contributed by atoms with Gasteiger partial charge in [-0.05, 0) is 37.8 Å². The Balaban J connectivity index is 1.73. The van der Waals surface area contributed by atoms with Crippen molar-refractivity contribution >= 4 is 5.78 Å². The Kier molecular flexibility index (Phi) is 1.95. The SMILES string of the molecule is O=C1CCC(CC2CNC2)C1. The molecule has 0 radical (unpaired) electrons. The Hall–Kier alpha value is -0.370. The van der Waals surface area contributed by atoms with Gasteiger partial charge in [-0.3, -0.25) is 4.79 Å². The summed E-state index contributed by atoms with van der Waals surface area (Å²) in [6.45, 7) is 2.37. The Morgan fingerprint density at radius 1 is 1.36 bits per heavy atom. The fourth-order valence-corrected chi connectivity index (χ4v) is 2.08. The van der Waals surface area contributed by atoms with Gasteiger partial charge in [0.25, 0.3) is 0 Å². The minimum absolute atomic E-state index is 0.488. The summed E-state index contributed by atoms with van der Waals surface area (Å²) in [5.41, 5.74) is 0. The predicted molar refractivity (Wildman–Crippen MR) is 43.3 cm³/mol. The summed E-state index contributed by atoms with van der Waals surface area (Å²) in [7, 11) is 0. The summed E-state index contributed by atoms with van der Waals surface area (Å²) >= 11 is 0. The van der Waals surface area contributed by atoms with Gasteiger partial charge in [0.05, 0.1) is 0 Å². The maximum Gasteiger partial charge on any atom is 0.133 e. The maximum absolute atomic E-state index is 10.9. The quantitative estimate of drug-likeness (QED) is 0.640. The molecule has 2 fully saturated rings. The standard InChI is InChI=1S/C9H15NO/c11-9-2-1-7(4-9)3-8-5-10-6-8/h7-8,10H,1-6H2. The number of carbonyl (C=O) groups is 1. The van der Waals surface area contributed by atoms with Gasteiger partial charge in [0, 0.05) is 12.8 Å². The van der Waals surface area contributed by atoms with Crippen LogP contribution in [0.25, 0.3) is 0 Å². The number of nitrogens with one attached hydrogen (secondary N) is 1. The first-order chi connectivity index (χ1) is 5.34. The van der Waals surface area contributed by atoms with E-state index in [0.29, 0.717) is 5.78 Å². The Morgan fingerprint density at radius 2 is 2.18 bits per heavy atom. The van der Waals surface area contributed by atoms with E-state index in [4.69, 9.17) is 0 Å². The molecule has 1 aliphatic heterocycles. The van der Waals surface area contributed by atoms with Crippen molar-refractivity contribution in [1.29, 1.82) is 0 Å². The number of Topliss-reactive ketones (excluding diaryl/α,β-unsaturated/α-hetero) is 1. The summed E-state index contributed by atoms with van der Waals surface area (Å²) in [6, 6.07) is 0. The number of carbonyl (C=O) groups excluding carboxylic acids is 1. The largest absolute Gasteiger partial charge is 0.316 e. The van der Waals surface area contributed by atoms with Gasteiger partial charge in [-0.1, -0.05) is 0 Å². The lowest BCUT2D eigenvalue weighted by atomic mass is 9.89. The van der Waals surface area contributed by atoms with E-state index >= 15 is 0 Å². The summed E-state index contributed by atoms with van der Waals surface area (Å²) in [5.74, 6) is 2.10. The Labute approximate surface area is 67.4 Å². The van der Waals surface area contributed by atoms with Crippen molar-refractivity contribution in [3.63, 3.8) is 0 Å². The predicted octanol–water partition coefficient (Wildman–Crippen LogP) is 0.965. The molecule has 62 valence electrons. The smallest absolute Gasteiger partial charge is 0.133 e. The monoisotopic (exact) mass is 153 g/mol. The number of rotatable bonds is 2. The van der Waals surface area contributed by atoms with Crippen LogP contribution in [0.1, 0.15) is 25.7 Å². The molecular formula is C9H15NO.